The quantitative estimate of drug-likeness (QED) is 0.668. The summed E-state index contributed by atoms with van der Waals surface area (Å²) in [5.41, 5.74) is 9.50. The van der Waals surface area contributed by atoms with Crippen LogP contribution in [-0.2, 0) is 0 Å². The first-order valence-corrected chi connectivity index (χ1v) is 8.59. The molecule has 0 bridgehead atoms. The van der Waals surface area contributed by atoms with Crippen LogP contribution in [0.3, 0.4) is 0 Å². The van der Waals surface area contributed by atoms with Gasteiger partial charge in [0.15, 0.2) is 5.13 Å². The van der Waals surface area contributed by atoms with E-state index in [1.165, 1.54) is 11.3 Å². The molecule has 1 heterocycles. The smallest absolute Gasteiger partial charge is 0.207 e. The Bertz CT molecular complexity index is 934. The first-order valence-electron chi connectivity index (χ1n) is 7.77. The zero-order valence-electron chi connectivity index (χ0n) is 14.3. The van der Waals surface area contributed by atoms with Crippen molar-refractivity contribution in [2.75, 3.05) is 18.2 Å². The molecule has 0 radical (unpaired) electrons. The molecule has 0 spiro atoms. The Labute approximate surface area is 150 Å². The van der Waals surface area contributed by atoms with Gasteiger partial charge in [0, 0.05) is 17.3 Å². The summed E-state index contributed by atoms with van der Waals surface area (Å²) >= 11 is 1.25. The molecule has 0 amide bonds. The van der Waals surface area contributed by atoms with E-state index in [4.69, 9.17) is 10.5 Å². The molecule has 6 heteroatoms. The number of ether oxygens (including phenoxy) is 1. The normalized spacial score (nSPS) is 10.5. The molecule has 3 aromatic rings. The summed E-state index contributed by atoms with van der Waals surface area (Å²) in [6.45, 7) is 3.92. The van der Waals surface area contributed by atoms with Crippen molar-refractivity contribution in [3.05, 3.63) is 64.0 Å². The molecule has 0 fully saturated rings. The second-order valence-corrected chi connectivity index (χ2v) is 6.74. The van der Waals surface area contributed by atoms with E-state index in [0.717, 1.165) is 22.6 Å². The van der Waals surface area contributed by atoms with Crippen LogP contribution >= 0.6 is 11.3 Å². The predicted octanol–water partition coefficient (Wildman–Crippen LogP) is 4.33. The average molecular weight is 353 g/mol. The number of aryl methyl sites for hydroxylation is 2. The van der Waals surface area contributed by atoms with Gasteiger partial charge in [-0.3, -0.25) is 4.79 Å². The third kappa shape index (κ3) is 3.64. The molecule has 0 aliphatic rings. The van der Waals surface area contributed by atoms with E-state index >= 15 is 0 Å². The van der Waals surface area contributed by atoms with E-state index in [9.17, 15) is 4.79 Å². The molecule has 0 aliphatic carbocycles. The van der Waals surface area contributed by atoms with Crippen molar-refractivity contribution in [2.24, 2.45) is 0 Å². The van der Waals surface area contributed by atoms with Crippen LogP contribution in [0.4, 0.5) is 16.6 Å². The number of thiazole rings is 1. The highest BCUT2D eigenvalue weighted by Gasteiger charge is 2.19. The zero-order valence-corrected chi connectivity index (χ0v) is 15.1. The summed E-state index contributed by atoms with van der Waals surface area (Å²) < 4.78 is 5.20. The average Bonchev–Trinajstić information content (AvgIpc) is 2.94. The van der Waals surface area contributed by atoms with Crippen molar-refractivity contribution in [3.8, 4) is 5.75 Å². The van der Waals surface area contributed by atoms with Gasteiger partial charge >= 0.3 is 0 Å². The SMILES string of the molecule is COc1cccc(Nc2nc(N)c(C(=O)c3ccc(C)cc3C)s2)c1. The molecule has 0 saturated carbocycles. The first-order chi connectivity index (χ1) is 12.0. The number of hydrogen-bond acceptors (Lipinski definition) is 6. The molecular formula is C19H19N3O2S. The summed E-state index contributed by atoms with van der Waals surface area (Å²) in [6.07, 6.45) is 0. The molecule has 3 N–H and O–H groups in total. The molecular weight excluding hydrogens is 334 g/mol. The van der Waals surface area contributed by atoms with E-state index < -0.39 is 0 Å². The number of anilines is 3. The number of carbonyl (C=O) groups is 1. The number of nitrogen functional groups attached to an aromatic ring is 1. The van der Waals surface area contributed by atoms with Gasteiger partial charge in [0.25, 0.3) is 0 Å². The minimum Gasteiger partial charge on any atom is -0.497 e. The fraction of sp³-hybridized carbons (Fsp3) is 0.158. The number of nitrogens with two attached hydrogens (primary N) is 1. The number of aromatic nitrogens is 1. The van der Waals surface area contributed by atoms with E-state index in [2.05, 4.69) is 10.3 Å². The van der Waals surface area contributed by atoms with Crippen LogP contribution in [0.5, 0.6) is 5.75 Å². The van der Waals surface area contributed by atoms with Crippen LogP contribution in [-0.4, -0.2) is 17.9 Å². The summed E-state index contributed by atoms with van der Waals surface area (Å²) in [6, 6.07) is 13.2. The van der Waals surface area contributed by atoms with Gasteiger partial charge in [-0.05, 0) is 31.5 Å². The maximum atomic E-state index is 12.8. The molecule has 3 rings (SSSR count). The molecule has 5 nitrogen and oxygen atoms in total. The third-order valence-electron chi connectivity index (χ3n) is 3.81. The van der Waals surface area contributed by atoms with Crippen LogP contribution in [0.25, 0.3) is 0 Å². The fourth-order valence-corrected chi connectivity index (χ4v) is 3.42. The molecule has 25 heavy (non-hydrogen) atoms. The van der Waals surface area contributed by atoms with Crippen molar-refractivity contribution in [3.63, 3.8) is 0 Å². The summed E-state index contributed by atoms with van der Waals surface area (Å²) in [7, 11) is 1.61. The van der Waals surface area contributed by atoms with Gasteiger partial charge in [-0.1, -0.05) is 41.2 Å². The van der Waals surface area contributed by atoms with E-state index in [1.54, 1.807) is 7.11 Å². The lowest BCUT2D eigenvalue weighted by molar-refractivity contribution is 0.104. The van der Waals surface area contributed by atoms with Crippen molar-refractivity contribution < 1.29 is 9.53 Å². The largest absolute Gasteiger partial charge is 0.497 e. The highest BCUT2D eigenvalue weighted by molar-refractivity contribution is 7.18. The summed E-state index contributed by atoms with van der Waals surface area (Å²) in [5.74, 6) is 0.868. The molecule has 1 aromatic heterocycles. The Hall–Kier alpha value is -2.86. The number of benzene rings is 2. The second kappa shape index (κ2) is 6.94. The van der Waals surface area contributed by atoms with Gasteiger partial charge < -0.3 is 15.8 Å². The predicted molar refractivity (Wildman–Crippen MR) is 102 cm³/mol. The lowest BCUT2D eigenvalue weighted by Gasteiger charge is -2.05. The third-order valence-corrected chi connectivity index (χ3v) is 4.79. The molecule has 0 unspecified atom stereocenters. The lowest BCUT2D eigenvalue weighted by Crippen LogP contribution is -2.04. The molecule has 2 aromatic carbocycles. The van der Waals surface area contributed by atoms with Crippen LogP contribution in [0.15, 0.2) is 42.5 Å². The van der Waals surface area contributed by atoms with Crippen LogP contribution < -0.4 is 15.8 Å². The Kier molecular flexibility index (Phi) is 4.72. The molecule has 0 saturated heterocycles. The molecule has 0 atom stereocenters. The number of carbonyl (C=O) groups excluding carboxylic acids is 1. The van der Waals surface area contributed by atoms with Gasteiger partial charge in [0.05, 0.1) is 7.11 Å². The number of hydrogen-bond donors (Lipinski definition) is 2. The van der Waals surface area contributed by atoms with Crippen molar-refractivity contribution in [1.82, 2.24) is 4.98 Å². The Morgan fingerprint density at radius 3 is 2.72 bits per heavy atom. The zero-order chi connectivity index (χ0) is 18.0. The minimum absolute atomic E-state index is 0.105. The van der Waals surface area contributed by atoms with Gasteiger partial charge in [0.1, 0.15) is 16.4 Å². The van der Waals surface area contributed by atoms with Gasteiger partial charge in [0.2, 0.25) is 5.78 Å². The number of methoxy groups -OCH3 is 1. The van der Waals surface area contributed by atoms with Crippen LogP contribution in [0.1, 0.15) is 26.4 Å². The standard InChI is InChI=1S/C19H19N3O2S/c1-11-7-8-15(12(2)9-11)16(23)17-18(20)22-19(25-17)21-13-5-4-6-14(10-13)24-3/h4-10H,20H2,1-3H3,(H,21,22). The highest BCUT2D eigenvalue weighted by Crippen LogP contribution is 2.31. The number of nitrogens with one attached hydrogen (secondary N) is 1. The number of nitrogens with zero attached hydrogens (tertiary/aromatic N) is 1. The van der Waals surface area contributed by atoms with Crippen molar-refractivity contribution in [1.29, 1.82) is 0 Å². The molecule has 0 aliphatic heterocycles. The number of ketones is 1. The van der Waals surface area contributed by atoms with Crippen molar-refractivity contribution >= 4 is 33.8 Å². The Balaban J connectivity index is 1.88. The Morgan fingerprint density at radius 2 is 2.00 bits per heavy atom. The summed E-state index contributed by atoms with van der Waals surface area (Å²) in [5, 5.41) is 3.73. The van der Waals surface area contributed by atoms with E-state index in [1.807, 2.05) is 56.3 Å². The van der Waals surface area contributed by atoms with Crippen LogP contribution in [0.2, 0.25) is 0 Å². The number of rotatable bonds is 5. The monoisotopic (exact) mass is 353 g/mol. The van der Waals surface area contributed by atoms with E-state index in [0.29, 0.717) is 15.6 Å². The summed E-state index contributed by atoms with van der Waals surface area (Å²) in [4.78, 5) is 17.5. The maximum Gasteiger partial charge on any atom is 0.207 e. The Morgan fingerprint density at radius 1 is 1.20 bits per heavy atom. The lowest BCUT2D eigenvalue weighted by atomic mass is 10.0. The second-order valence-electron chi connectivity index (χ2n) is 5.74. The topological polar surface area (TPSA) is 77.2 Å². The fourth-order valence-electron chi connectivity index (χ4n) is 2.56. The molecule has 128 valence electrons. The van der Waals surface area contributed by atoms with E-state index in [-0.39, 0.29) is 11.6 Å². The highest BCUT2D eigenvalue weighted by atomic mass is 32.1. The van der Waals surface area contributed by atoms with Crippen LogP contribution in [0, 0.1) is 13.8 Å². The maximum absolute atomic E-state index is 12.8. The van der Waals surface area contributed by atoms with Gasteiger partial charge in [-0.25, -0.2) is 4.98 Å². The van der Waals surface area contributed by atoms with Gasteiger partial charge in [-0.15, -0.1) is 0 Å². The first kappa shape index (κ1) is 17.0. The van der Waals surface area contributed by atoms with Crippen molar-refractivity contribution in [2.45, 2.75) is 13.8 Å². The van der Waals surface area contributed by atoms with Gasteiger partial charge in [-0.2, -0.15) is 0 Å². The minimum atomic E-state index is -0.105.